The molecule has 0 saturated carbocycles. The molecule has 2 aromatic carbocycles. The second-order valence-electron chi connectivity index (χ2n) is 6.67. The first-order valence-electron chi connectivity index (χ1n) is 8.73. The molecule has 0 saturated heterocycles. The summed E-state index contributed by atoms with van der Waals surface area (Å²) in [5.74, 6) is 0. The highest BCUT2D eigenvalue weighted by atomic mass is 35.5. The summed E-state index contributed by atoms with van der Waals surface area (Å²) in [6.45, 7) is 4.57. The molecule has 23 heavy (non-hydrogen) atoms. The van der Waals surface area contributed by atoms with E-state index in [0.29, 0.717) is 0 Å². The highest BCUT2D eigenvalue weighted by Gasteiger charge is 2.44. The maximum absolute atomic E-state index is 6.39. The van der Waals surface area contributed by atoms with E-state index in [0.717, 1.165) is 10.0 Å². The van der Waals surface area contributed by atoms with E-state index in [9.17, 15) is 0 Å². The fourth-order valence-corrected chi connectivity index (χ4v) is 10.5. The number of hydrogen-bond donors (Lipinski definition) is 0. The van der Waals surface area contributed by atoms with Gasteiger partial charge in [-0.3, -0.25) is 0 Å². The van der Waals surface area contributed by atoms with E-state index in [2.05, 4.69) is 38.1 Å². The van der Waals surface area contributed by atoms with Crippen LogP contribution in [0.5, 0.6) is 0 Å². The second-order valence-corrected chi connectivity index (χ2v) is 11.8. The summed E-state index contributed by atoms with van der Waals surface area (Å²) in [6.07, 6.45) is 5.06. The fraction of sp³-hybridized carbons (Fsp3) is 0.400. The van der Waals surface area contributed by atoms with Crippen LogP contribution in [0.3, 0.4) is 0 Å². The van der Waals surface area contributed by atoms with Gasteiger partial charge in [-0.2, -0.15) is 0 Å². The third-order valence-electron chi connectivity index (χ3n) is 5.20. The van der Waals surface area contributed by atoms with Gasteiger partial charge in [-0.1, -0.05) is 74.9 Å². The van der Waals surface area contributed by atoms with Crippen molar-refractivity contribution in [3.63, 3.8) is 0 Å². The first-order chi connectivity index (χ1) is 11.1. The van der Waals surface area contributed by atoms with Gasteiger partial charge in [-0.05, 0) is 57.9 Å². The van der Waals surface area contributed by atoms with Gasteiger partial charge < -0.3 is 0 Å². The Morgan fingerprint density at radius 2 is 1.17 bits per heavy atom. The molecular weight excluding hydrogens is 339 g/mol. The smallest absolute Gasteiger partial charge is 0.0843 e. The summed E-state index contributed by atoms with van der Waals surface area (Å²) in [5, 5.41) is 4.83. The standard InChI is InChI=1S/C20H24Cl2Si/c1-3-5-11-23(12-6-4-2)19-13-15(21)7-9-17(19)18-10-8-16(22)14-20(18)23/h7-10,13-14H,3-6,11-12H2,1-2H3. The monoisotopic (exact) mass is 362 g/mol. The molecule has 0 atom stereocenters. The second kappa shape index (κ2) is 7.00. The number of halogens is 2. The average Bonchev–Trinajstić information content (AvgIpc) is 2.80. The number of rotatable bonds is 6. The van der Waals surface area contributed by atoms with E-state index in [1.807, 2.05) is 12.1 Å². The Labute approximate surface area is 150 Å². The molecule has 0 unspecified atom stereocenters. The summed E-state index contributed by atoms with van der Waals surface area (Å²) in [6, 6.07) is 15.6. The van der Waals surface area contributed by atoms with E-state index < -0.39 is 8.07 Å². The minimum absolute atomic E-state index is 0.868. The molecular formula is C20H24Cl2Si. The van der Waals surface area contributed by atoms with E-state index in [4.69, 9.17) is 23.2 Å². The Morgan fingerprint density at radius 1 is 0.739 bits per heavy atom. The first kappa shape index (κ1) is 17.1. The van der Waals surface area contributed by atoms with Crippen molar-refractivity contribution in [1.82, 2.24) is 0 Å². The number of hydrogen-bond acceptors (Lipinski definition) is 0. The lowest BCUT2D eigenvalue weighted by Gasteiger charge is -2.30. The van der Waals surface area contributed by atoms with Gasteiger partial charge in [0, 0.05) is 10.0 Å². The van der Waals surface area contributed by atoms with Crippen molar-refractivity contribution >= 4 is 41.6 Å². The van der Waals surface area contributed by atoms with E-state index in [1.165, 1.54) is 48.9 Å². The van der Waals surface area contributed by atoms with Gasteiger partial charge in [-0.25, -0.2) is 0 Å². The highest BCUT2D eigenvalue weighted by molar-refractivity contribution is 7.05. The Morgan fingerprint density at radius 3 is 1.57 bits per heavy atom. The quantitative estimate of drug-likeness (QED) is 0.541. The van der Waals surface area contributed by atoms with E-state index >= 15 is 0 Å². The van der Waals surface area contributed by atoms with Crippen LogP contribution in [-0.4, -0.2) is 8.07 Å². The van der Waals surface area contributed by atoms with Gasteiger partial charge in [0.05, 0.1) is 0 Å². The molecule has 3 rings (SSSR count). The largest absolute Gasteiger partial charge is 0.119 e. The van der Waals surface area contributed by atoms with E-state index in [-0.39, 0.29) is 0 Å². The maximum atomic E-state index is 6.39. The topological polar surface area (TPSA) is 0 Å². The predicted octanol–water partition coefficient (Wildman–Crippen LogP) is 6.14. The SMILES string of the molecule is CCCC[Si]1(CCCC)c2cc(Cl)ccc2-c2ccc(Cl)cc21. The summed E-state index contributed by atoms with van der Waals surface area (Å²) in [5.41, 5.74) is 2.81. The normalized spacial score (nSPS) is 14.6. The van der Waals surface area contributed by atoms with Gasteiger partial charge in [-0.15, -0.1) is 0 Å². The number of fused-ring (bicyclic) bond motifs is 3. The zero-order valence-corrected chi connectivity index (χ0v) is 16.5. The van der Waals surface area contributed by atoms with Gasteiger partial charge in [0.25, 0.3) is 0 Å². The van der Waals surface area contributed by atoms with Crippen LogP contribution in [0.4, 0.5) is 0 Å². The van der Waals surface area contributed by atoms with Crippen LogP contribution in [-0.2, 0) is 0 Å². The zero-order chi connectivity index (χ0) is 16.4. The Bertz CT molecular complexity index is 647. The van der Waals surface area contributed by atoms with Gasteiger partial charge in [0.1, 0.15) is 8.07 Å². The van der Waals surface area contributed by atoms with Crippen LogP contribution in [0.1, 0.15) is 39.5 Å². The zero-order valence-electron chi connectivity index (χ0n) is 14.0. The lowest BCUT2D eigenvalue weighted by Crippen LogP contribution is -2.55. The van der Waals surface area contributed by atoms with Crippen LogP contribution in [0, 0.1) is 0 Å². The van der Waals surface area contributed by atoms with Crippen molar-refractivity contribution in [2.45, 2.75) is 51.6 Å². The molecule has 0 radical (unpaired) electrons. The van der Waals surface area contributed by atoms with Crippen molar-refractivity contribution in [2.75, 3.05) is 0 Å². The number of benzene rings is 2. The Kier molecular flexibility index (Phi) is 5.20. The molecule has 2 aromatic rings. The Hall–Kier alpha value is -0.763. The van der Waals surface area contributed by atoms with Crippen molar-refractivity contribution in [2.24, 2.45) is 0 Å². The van der Waals surface area contributed by atoms with Gasteiger partial charge in [0.15, 0.2) is 0 Å². The first-order valence-corrected chi connectivity index (χ1v) is 11.9. The molecule has 0 aliphatic carbocycles. The van der Waals surface area contributed by atoms with Crippen molar-refractivity contribution in [1.29, 1.82) is 0 Å². The predicted molar refractivity (Wildman–Crippen MR) is 106 cm³/mol. The number of unbranched alkanes of at least 4 members (excludes halogenated alkanes) is 2. The minimum Gasteiger partial charge on any atom is -0.0843 e. The molecule has 0 aromatic heterocycles. The maximum Gasteiger partial charge on any atom is 0.119 e. The van der Waals surface area contributed by atoms with Crippen molar-refractivity contribution in [3.05, 3.63) is 46.4 Å². The van der Waals surface area contributed by atoms with Gasteiger partial charge in [0.2, 0.25) is 0 Å². The molecule has 1 aliphatic rings. The Balaban J connectivity index is 2.23. The van der Waals surface area contributed by atoms with Crippen LogP contribution < -0.4 is 10.4 Å². The summed E-state index contributed by atoms with van der Waals surface area (Å²) in [7, 11) is -1.75. The summed E-state index contributed by atoms with van der Waals surface area (Å²) < 4.78 is 0. The lowest BCUT2D eigenvalue weighted by molar-refractivity contribution is 0.838. The molecule has 122 valence electrons. The molecule has 3 heteroatoms. The van der Waals surface area contributed by atoms with Crippen molar-refractivity contribution < 1.29 is 0 Å². The fourth-order valence-electron chi connectivity index (χ4n) is 4.06. The molecule has 0 amide bonds. The van der Waals surface area contributed by atoms with E-state index in [1.54, 1.807) is 10.4 Å². The summed E-state index contributed by atoms with van der Waals surface area (Å²) >= 11 is 12.8. The lowest BCUT2D eigenvalue weighted by atomic mass is 10.1. The van der Waals surface area contributed by atoms with Crippen molar-refractivity contribution in [3.8, 4) is 11.1 Å². The molecule has 0 spiro atoms. The third-order valence-corrected chi connectivity index (χ3v) is 11.0. The van der Waals surface area contributed by atoms with Gasteiger partial charge >= 0.3 is 0 Å². The summed E-state index contributed by atoms with van der Waals surface area (Å²) in [4.78, 5) is 0. The van der Waals surface area contributed by atoms with Crippen LogP contribution >= 0.6 is 23.2 Å². The highest BCUT2D eigenvalue weighted by Crippen LogP contribution is 2.36. The molecule has 1 heterocycles. The minimum atomic E-state index is -1.75. The molecule has 1 aliphatic heterocycles. The van der Waals surface area contributed by atoms with Crippen LogP contribution in [0.2, 0.25) is 22.1 Å². The molecule has 0 N–H and O–H groups in total. The molecule has 0 bridgehead atoms. The molecule has 0 fully saturated rings. The van der Waals surface area contributed by atoms with Crippen LogP contribution in [0.15, 0.2) is 36.4 Å². The third kappa shape index (κ3) is 2.99. The van der Waals surface area contributed by atoms with Crippen LogP contribution in [0.25, 0.3) is 11.1 Å². The molecule has 0 nitrogen and oxygen atoms in total. The average molecular weight is 363 g/mol.